The molecule has 0 fully saturated rings. The van der Waals surface area contributed by atoms with Crippen molar-refractivity contribution in [2.75, 3.05) is 25.5 Å². The third-order valence-corrected chi connectivity index (χ3v) is 3.17. The van der Waals surface area contributed by atoms with Crippen LogP contribution in [0.15, 0.2) is 42.6 Å². The lowest BCUT2D eigenvalue weighted by Gasteiger charge is -2.13. The summed E-state index contributed by atoms with van der Waals surface area (Å²) in [6, 6.07) is 7.86. The molecule has 0 unspecified atom stereocenters. The number of benzene rings is 1. The fourth-order valence-electron chi connectivity index (χ4n) is 1.99. The molecule has 0 spiro atoms. The topological polar surface area (TPSA) is 66.0 Å². The third-order valence-electron chi connectivity index (χ3n) is 3.17. The van der Waals surface area contributed by atoms with E-state index in [1.807, 2.05) is 0 Å². The summed E-state index contributed by atoms with van der Waals surface area (Å²) in [6.07, 6.45) is -2.98. The summed E-state index contributed by atoms with van der Waals surface area (Å²) < 4.78 is 38.3. The highest BCUT2D eigenvalue weighted by Gasteiger charge is 2.30. The number of likely N-dealkylation sites (N-methyl/N-ethyl adjacent to an activating group) is 1. The van der Waals surface area contributed by atoms with Crippen LogP contribution in [0.4, 0.5) is 24.7 Å². The van der Waals surface area contributed by atoms with E-state index in [0.717, 1.165) is 12.1 Å². The molecule has 0 bridgehead atoms. The Morgan fingerprint density at radius 2 is 1.92 bits per heavy atom. The Morgan fingerprint density at radius 1 is 1.16 bits per heavy atom. The van der Waals surface area contributed by atoms with E-state index in [2.05, 4.69) is 20.9 Å². The monoisotopic (exact) mass is 374 g/mol. The number of pyridine rings is 1. The van der Waals surface area contributed by atoms with Crippen LogP contribution in [-0.2, 0) is 6.18 Å². The zero-order valence-corrected chi connectivity index (χ0v) is 14.2. The van der Waals surface area contributed by atoms with Crippen LogP contribution < -0.4 is 16.0 Å². The Hall–Kier alpha value is -2.32. The summed E-state index contributed by atoms with van der Waals surface area (Å²) in [5, 5.41) is 8.37. The van der Waals surface area contributed by atoms with Gasteiger partial charge in [-0.25, -0.2) is 4.98 Å². The van der Waals surface area contributed by atoms with Gasteiger partial charge in [-0.15, -0.1) is 12.4 Å². The van der Waals surface area contributed by atoms with Gasteiger partial charge in [-0.05, 0) is 37.4 Å². The molecule has 3 N–H and O–H groups in total. The number of hydrogen-bond acceptors (Lipinski definition) is 4. The number of nitrogens with one attached hydrogen (secondary N) is 3. The van der Waals surface area contributed by atoms with Gasteiger partial charge >= 0.3 is 6.18 Å². The quantitative estimate of drug-likeness (QED) is 0.679. The van der Waals surface area contributed by atoms with Crippen molar-refractivity contribution in [2.45, 2.75) is 6.18 Å². The van der Waals surface area contributed by atoms with Gasteiger partial charge in [-0.2, -0.15) is 13.2 Å². The number of nitrogens with zero attached hydrogens (tertiary/aromatic N) is 1. The summed E-state index contributed by atoms with van der Waals surface area (Å²) in [4.78, 5) is 16.2. The molecule has 0 saturated heterocycles. The number of hydrogen-bond donors (Lipinski definition) is 3. The average Bonchev–Trinajstić information content (AvgIpc) is 2.55. The third kappa shape index (κ3) is 5.91. The number of amides is 1. The Labute approximate surface area is 149 Å². The molecule has 0 saturated carbocycles. The first-order chi connectivity index (χ1) is 11.4. The van der Waals surface area contributed by atoms with Crippen molar-refractivity contribution in [1.29, 1.82) is 0 Å². The van der Waals surface area contributed by atoms with Gasteiger partial charge in [-0.1, -0.05) is 6.07 Å². The fraction of sp³-hybridized carbons (Fsp3) is 0.250. The molecule has 1 heterocycles. The maximum absolute atomic E-state index is 12.8. The van der Waals surface area contributed by atoms with Gasteiger partial charge < -0.3 is 16.0 Å². The summed E-state index contributed by atoms with van der Waals surface area (Å²) in [7, 11) is 1.76. The Balaban J connectivity index is 0.00000312. The summed E-state index contributed by atoms with van der Waals surface area (Å²) in [5.74, 6) is -0.161. The van der Waals surface area contributed by atoms with E-state index in [1.165, 1.54) is 18.3 Å². The van der Waals surface area contributed by atoms with Gasteiger partial charge in [0, 0.05) is 25.0 Å². The highest BCUT2D eigenvalue weighted by Crippen LogP contribution is 2.31. The number of carbonyl (C=O) groups is 1. The first kappa shape index (κ1) is 20.7. The molecule has 1 aromatic carbocycles. The zero-order valence-electron chi connectivity index (χ0n) is 13.4. The molecule has 0 aliphatic heterocycles. The second kappa shape index (κ2) is 9.24. The number of carbonyl (C=O) groups excluding carboxylic acids is 1. The van der Waals surface area contributed by atoms with Crippen LogP contribution in [0.5, 0.6) is 0 Å². The molecule has 136 valence electrons. The number of halogens is 4. The standard InChI is InChI=1S/C16H17F3N4O.ClH/c1-20-8-9-22-15(24)13-6-3-7-21-14(13)23-12-5-2-4-11(10-12)16(17,18)19;/h2-7,10,20H,8-9H2,1H3,(H,21,23)(H,22,24);1H. The van der Waals surface area contributed by atoms with Gasteiger partial charge in [0.15, 0.2) is 0 Å². The maximum Gasteiger partial charge on any atom is 0.416 e. The van der Waals surface area contributed by atoms with Crippen molar-refractivity contribution >= 4 is 29.8 Å². The van der Waals surface area contributed by atoms with Gasteiger partial charge in [0.1, 0.15) is 5.82 Å². The SMILES string of the molecule is CNCCNC(=O)c1cccnc1Nc1cccc(C(F)(F)F)c1.Cl. The molecule has 0 aliphatic carbocycles. The van der Waals surface area contributed by atoms with Crippen LogP contribution in [0, 0.1) is 0 Å². The number of aromatic nitrogens is 1. The molecule has 0 aliphatic rings. The first-order valence-corrected chi connectivity index (χ1v) is 7.24. The molecule has 2 aromatic rings. The number of anilines is 2. The van der Waals surface area contributed by atoms with Gasteiger partial charge in [0.05, 0.1) is 11.1 Å². The van der Waals surface area contributed by atoms with E-state index >= 15 is 0 Å². The predicted molar refractivity (Wildman–Crippen MR) is 92.5 cm³/mol. The van der Waals surface area contributed by atoms with Crippen molar-refractivity contribution in [2.24, 2.45) is 0 Å². The van der Waals surface area contributed by atoms with E-state index in [0.29, 0.717) is 13.1 Å². The van der Waals surface area contributed by atoms with E-state index in [4.69, 9.17) is 0 Å². The summed E-state index contributed by atoms with van der Waals surface area (Å²) >= 11 is 0. The smallest absolute Gasteiger partial charge is 0.351 e. The lowest BCUT2D eigenvalue weighted by atomic mass is 10.2. The van der Waals surface area contributed by atoms with Crippen LogP contribution >= 0.6 is 12.4 Å². The van der Waals surface area contributed by atoms with Crippen molar-refractivity contribution < 1.29 is 18.0 Å². The van der Waals surface area contributed by atoms with E-state index < -0.39 is 11.7 Å². The summed E-state index contributed by atoms with van der Waals surface area (Å²) in [5.41, 5.74) is -0.317. The lowest BCUT2D eigenvalue weighted by molar-refractivity contribution is -0.137. The highest BCUT2D eigenvalue weighted by atomic mass is 35.5. The molecular weight excluding hydrogens is 357 g/mol. The predicted octanol–water partition coefficient (Wildman–Crippen LogP) is 3.22. The van der Waals surface area contributed by atoms with Crippen LogP contribution in [0.3, 0.4) is 0 Å². The van der Waals surface area contributed by atoms with Gasteiger partial charge in [0.25, 0.3) is 5.91 Å². The first-order valence-electron chi connectivity index (χ1n) is 7.24. The van der Waals surface area contributed by atoms with Crippen molar-refractivity contribution in [3.8, 4) is 0 Å². The van der Waals surface area contributed by atoms with Crippen LogP contribution in [0.25, 0.3) is 0 Å². The summed E-state index contributed by atoms with van der Waals surface area (Å²) in [6.45, 7) is 1.02. The van der Waals surface area contributed by atoms with Crippen LogP contribution in [0.2, 0.25) is 0 Å². The zero-order chi connectivity index (χ0) is 17.6. The molecular formula is C16H18ClF3N4O. The normalized spacial score (nSPS) is 10.7. The van der Waals surface area contributed by atoms with Crippen LogP contribution in [-0.4, -0.2) is 31.0 Å². The molecule has 1 aromatic heterocycles. The van der Waals surface area contributed by atoms with Crippen LogP contribution in [0.1, 0.15) is 15.9 Å². The molecule has 25 heavy (non-hydrogen) atoms. The largest absolute Gasteiger partial charge is 0.416 e. The van der Waals surface area contributed by atoms with Crippen molar-refractivity contribution in [1.82, 2.24) is 15.6 Å². The molecule has 0 radical (unpaired) electrons. The van der Waals surface area contributed by atoms with Gasteiger partial charge in [0.2, 0.25) is 0 Å². The lowest BCUT2D eigenvalue weighted by Crippen LogP contribution is -2.30. The van der Waals surface area contributed by atoms with E-state index in [9.17, 15) is 18.0 Å². The Kier molecular flexibility index (Phi) is 7.66. The Bertz CT molecular complexity index is 710. The maximum atomic E-state index is 12.8. The van der Waals surface area contributed by atoms with Crippen molar-refractivity contribution in [3.05, 3.63) is 53.7 Å². The van der Waals surface area contributed by atoms with Gasteiger partial charge in [-0.3, -0.25) is 4.79 Å². The fourth-order valence-corrected chi connectivity index (χ4v) is 1.99. The molecule has 1 amide bonds. The second-order valence-electron chi connectivity index (χ2n) is 4.96. The highest BCUT2D eigenvalue weighted by molar-refractivity contribution is 5.99. The van der Waals surface area contributed by atoms with E-state index in [1.54, 1.807) is 19.2 Å². The van der Waals surface area contributed by atoms with E-state index in [-0.39, 0.29) is 35.4 Å². The average molecular weight is 375 g/mol. The molecule has 9 heteroatoms. The molecule has 2 rings (SSSR count). The minimum absolute atomic E-state index is 0. The number of rotatable bonds is 6. The molecule has 5 nitrogen and oxygen atoms in total. The minimum atomic E-state index is -4.44. The minimum Gasteiger partial charge on any atom is -0.351 e. The number of alkyl halides is 3. The Morgan fingerprint density at radius 3 is 2.60 bits per heavy atom. The van der Waals surface area contributed by atoms with Crippen molar-refractivity contribution in [3.63, 3.8) is 0 Å². The second-order valence-corrected chi connectivity index (χ2v) is 4.96. The molecule has 0 atom stereocenters.